The SMILES string of the molecule is CCCNC(=O)NCCc1ccc2c(c1)CCCS2. The molecule has 1 aromatic rings. The molecule has 0 unspecified atom stereocenters. The quantitative estimate of drug-likeness (QED) is 0.869. The van der Waals surface area contributed by atoms with Crippen LogP contribution in [-0.4, -0.2) is 24.9 Å². The van der Waals surface area contributed by atoms with Crippen LogP contribution < -0.4 is 10.6 Å². The molecular weight excluding hydrogens is 256 g/mol. The van der Waals surface area contributed by atoms with Crippen molar-refractivity contribution in [2.24, 2.45) is 0 Å². The summed E-state index contributed by atoms with van der Waals surface area (Å²) in [5, 5.41) is 5.71. The van der Waals surface area contributed by atoms with Gasteiger partial charge in [0.15, 0.2) is 0 Å². The van der Waals surface area contributed by atoms with Crippen molar-refractivity contribution in [1.82, 2.24) is 10.6 Å². The molecule has 0 aliphatic carbocycles. The number of carbonyl (C=O) groups is 1. The predicted octanol–water partition coefficient (Wildman–Crippen LogP) is 2.98. The van der Waals surface area contributed by atoms with Gasteiger partial charge in [-0.3, -0.25) is 0 Å². The molecule has 0 bridgehead atoms. The van der Waals surface area contributed by atoms with Crippen molar-refractivity contribution in [2.75, 3.05) is 18.8 Å². The van der Waals surface area contributed by atoms with Crippen LogP contribution in [0.3, 0.4) is 0 Å². The van der Waals surface area contributed by atoms with E-state index in [4.69, 9.17) is 0 Å². The largest absolute Gasteiger partial charge is 0.338 e. The van der Waals surface area contributed by atoms with E-state index in [2.05, 4.69) is 28.8 Å². The first-order valence-electron chi connectivity index (χ1n) is 7.06. The number of hydrogen-bond donors (Lipinski definition) is 2. The first-order chi connectivity index (χ1) is 9.29. The molecule has 19 heavy (non-hydrogen) atoms. The highest BCUT2D eigenvalue weighted by Gasteiger charge is 2.09. The van der Waals surface area contributed by atoms with Crippen molar-refractivity contribution in [1.29, 1.82) is 0 Å². The minimum absolute atomic E-state index is 0.0598. The van der Waals surface area contributed by atoms with Gasteiger partial charge in [0, 0.05) is 18.0 Å². The summed E-state index contributed by atoms with van der Waals surface area (Å²) < 4.78 is 0. The minimum atomic E-state index is -0.0598. The van der Waals surface area contributed by atoms with E-state index in [1.807, 2.05) is 18.7 Å². The van der Waals surface area contributed by atoms with Gasteiger partial charge < -0.3 is 10.6 Å². The van der Waals surface area contributed by atoms with E-state index < -0.39 is 0 Å². The third kappa shape index (κ3) is 4.46. The van der Waals surface area contributed by atoms with Crippen molar-refractivity contribution in [3.05, 3.63) is 29.3 Å². The van der Waals surface area contributed by atoms with Crippen LogP contribution in [0.25, 0.3) is 0 Å². The number of nitrogens with one attached hydrogen (secondary N) is 2. The van der Waals surface area contributed by atoms with Crippen molar-refractivity contribution in [3.8, 4) is 0 Å². The Kier molecular flexibility index (Phi) is 5.58. The maximum absolute atomic E-state index is 11.4. The standard InChI is InChI=1S/C15H22N2OS/c1-2-8-16-15(18)17-9-7-12-5-6-14-13(11-12)4-3-10-19-14/h5-6,11H,2-4,7-10H2,1H3,(H2,16,17,18). The lowest BCUT2D eigenvalue weighted by Crippen LogP contribution is -2.36. The Hall–Kier alpha value is -1.16. The van der Waals surface area contributed by atoms with Gasteiger partial charge >= 0.3 is 6.03 Å². The molecule has 0 spiro atoms. The molecule has 2 amide bonds. The van der Waals surface area contributed by atoms with Gasteiger partial charge in [0.1, 0.15) is 0 Å². The Morgan fingerprint density at radius 1 is 1.32 bits per heavy atom. The molecule has 1 heterocycles. The lowest BCUT2D eigenvalue weighted by molar-refractivity contribution is 0.241. The molecule has 3 nitrogen and oxygen atoms in total. The normalized spacial score (nSPS) is 13.7. The number of fused-ring (bicyclic) bond motifs is 1. The van der Waals surface area contributed by atoms with Crippen molar-refractivity contribution >= 4 is 17.8 Å². The Morgan fingerprint density at radius 2 is 2.16 bits per heavy atom. The number of amides is 2. The summed E-state index contributed by atoms with van der Waals surface area (Å²) in [7, 11) is 0. The Bertz CT molecular complexity index is 434. The summed E-state index contributed by atoms with van der Waals surface area (Å²) in [4.78, 5) is 12.8. The first kappa shape index (κ1) is 14.3. The third-order valence-electron chi connectivity index (χ3n) is 3.21. The van der Waals surface area contributed by atoms with E-state index in [0.29, 0.717) is 6.54 Å². The third-order valence-corrected chi connectivity index (χ3v) is 4.41. The van der Waals surface area contributed by atoms with Gasteiger partial charge in [0.25, 0.3) is 0 Å². The van der Waals surface area contributed by atoms with E-state index >= 15 is 0 Å². The molecule has 2 N–H and O–H groups in total. The fourth-order valence-electron chi connectivity index (χ4n) is 2.19. The minimum Gasteiger partial charge on any atom is -0.338 e. The van der Waals surface area contributed by atoms with E-state index in [-0.39, 0.29) is 6.03 Å². The lowest BCUT2D eigenvalue weighted by atomic mass is 10.0. The maximum Gasteiger partial charge on any atom is 0.314 e. The molecule has 1 aliphatic rings. The zero-order valence-corrected chi connectivity index (χ0v) is 12.3. The highest BCUT2D eigenvalue weighted by atomic mass is 32.2. The second-order valence-corrected chi connectivity index (χ2v) is 5.96. The number of hydrogen-bond acceptors (Lipinski definition) is 2. The van der Waals surface area contributed by atoms with Gasteiger partial charge in [-0.2, -0.15) is 0 Å². The van der Waals surface area contributed by atoms with Crippen molar-refractivity contribution in [2.45, 2.75) is 37.5 Å². The predicted molar refractivity (Wildman–Crippen MR) is 80.9 cm³/mol. The summed E-state index contributed by atoms with van der Waals surface area (Å²) >= 11 is 1.96. The number of aryl methyl sites for hydroxylation is 1. The monoisotopic (exact) mass is 278 g/mol. The number of thioether (sulfide) groups is 1. The van der Waals surface area contributed by atoms with Gasteiger partial charge in [-0.15, -0.1) is 11.8 Å². The van der Waals surface area contributed by atoms with Gasteiger partial charge in [0.2, 0.25) is 0 Å². The highest BCUT2D eigenvalue weighted by molar-refractivity contribution is 7.99. The van der Waals surface area contributed by atoms with Gasteiger partial charge in [-0.1, -0.05) is 19.1 Å². The van der Waals surface area contributed by atoms with Crippen LogP contribution in [0.15, 0.2) is 23.1 Å². The summed E-state index contributed by atoms with van der Waals surface area (Å²) in [5.74, 6) is 1.24. The number of urea groups is 1. The fraction of sp³-hybridized carbons (Fsp3) is 0.533. The topological polar surface area (TPSA) is 41.1 Å². The van der Waals surface area contributed by atoms with Crippen molar-refractivity contribution < 1.29 is 4.79 Å². The molecule has 4 heteroatoms. The van der Waals surface area contributed by atoms with Gasteiger partial charge in [-0.25, -0.2) is 4.79 Å². The molecule has 1 aromatic carbocycles. The summed E-state index contributed by atoms with van der Waals surface area (Å²) in [6.07, 6.45) is 4.34. The molecule has 0 saturated heterocycles. The zero-order chi connectivity index (χ0) is 13.5. The van der Waals surface area contributed by atoms with Crippen LogP contribution in [0.4, 0.5) is 4.79 Å². The maximum atomic E-state index is 11.4. The van der Waals surface area contributed by atoms with Crippen LogP contribution >= 0.6 is 11.8 Å². The molecule has 0 fully saturated rings. The van der Waals surface area contributed by atoms with E-state index in [1.54, 1.807) is 0 Å². The molecule has 0 aromatic heterocycles. The molecule has 0 atom stereocenters. The van der Waals surface area contributed by atoms with Crippen LogP contribution in [0.2, 0.25) is 0 Å². The van der Waals surface area contributed by atoms with E-state index in [0.717, 1.165) is 19.4 Å². The van der Waals surface area contributed by atoms with E-state index in [9.17, 15) is 4.79 Å². The second kappa shape index (κ2) is 7.43. The summed E-state index contributed by atoms with van der Waals surface area (Å²) in [6.45, 7) is 3.48. The molecule has 104 valence electrons. The Labute approximate surface area is 119 Å². The summed E-state index contributed by atoms with van der Waals surface area (Å²) in [6, 6.07) is 6.65. The number of benzene rings is 1. The first-order valence-corrected chi connectivity index (χ1v) is 8.04. The van der Waals surface area contributed by atoms with Crippen molar-refractivity contribution in [3.63, 3.8) is 0 Å². The highest BCUT2D eigenvalue weighted by Crippen LogP contribution is 2.30. The Balaban J connectivity index is 1.78. The zero-order valence-electron chi connectivity index (χ0n) is 11.5. The smallest absolute Gasteiger partial charge is 0.314 e. The second-order valence-electron chi connectivity index (χ2n) is 4.83. The summed E-state index contributed by atoms with van der Waals surface area (Å²) in [5.41, 5.74) is 2.79. The molecule has 1 aliphatic heterocycles. The number of carbonyl (C=O) groups excluding carboxylic acids is 1. The van der Waals surface area contributed by atoms with Crippen LogP contribution in [0, 0.1) is 0 Å². The molecule has 0 saturated carbocycles. The van der Waals surface area contributed by atoms with Crippen LogP contribution in [-0.2, 0) is 12.8 Å². The van der Waals surface area contributed by atoms with E-state index in [1.165, 1.54) is 34.6 Å². The lowest BCUT2D eigenvalue weighted by Gasteiger charge is -2.16. The van der Waals surface area contributed by atoms with Gasteiger partial charge in [-0.05, 0) is 48.6 Å². The molecule has 2 rings (SSSR count). The average molecular weight is 278 g/mol. The molecule has 0 radical (unpaired) electrons. The number of rotatable bonds is 5. The Morgan fingerprint density at radius 3 is 3.00 bits per heavy atom. The fourth-order valence-corrected chi connectivity index (χ4v) is 3.21. The van der Waals surface area contributed by atoms with Crippen LogP contribution in [0.1, 0.15) is 30.9 Å². The van der Waals surface area contributed by atoms with Gasteiger partial charge in [0.05, 0.1) is 0 Å². The van der Waals surface area contributed by atoms with Crippen LogP contribution in [0.5, 0.6) is 0 Å². The average Bonchev–Trinajstić information content (AvgIpc) is 2.45. The molecular formula is C15H22N2OS.